The molecule has 0 aromatic heterocycles. The minimum absolute atomic E-state index is 0.188. The number of allylic oxidation sites excluding steroid dienone is 4. The van der Waals surface area contributed by atoms with Gasteiger partial charge >= 0.3 is 131 Å². The summed E-state index contributed by atoms with van der Waals surface area (Å²) in [5.74, 6) is 0. The summed E-state index contributed by atoms with van der Waals surface area (Å²) in [7, 11) is 17.1. The molecule has 4 heteroatoms. The summed E-state index contributed by atoms with van der Waals surface area (Å²) in [4.78, 5) is 2.09. The fourth-order valence-corrected chi connectivity index (χ4v) is 9.67. The Kier molecular flexibility index (Phi) is 4.64. The number of halogens is 2. The molecule has 1 aliphatic rings. The topological polar surface area (TPSA) is 3.24 Å². The van der Waals surface area contributed by atoms with Crippen LogP contribution in [0.2, 0.25) is 0 Å². The van der Waals surface area contributed by atoms with Crippen LogP contribution in [0.4, 0.5) is 5.69 Å². The molecule has 0 aliphatic heterocycles. The Labute approximate surface area is 130 Å². The van der Waals surface area contributed by atoms with Gasteiger partial charge in [0.25, 0.3) is 0 Å². The predicted molar refractivity (Wildman–Crippen MR) is 81.7 cm³/mol. The summed E-state index contributed by atoms with van der Waals surface area (Å²) in [6.07, 6.45) is 4.52. The van der Waals surface area contributed by atoms with Crippen molar-refractivity contribution < 1.29 is 19.1 Å². The summed E-state index contributed by atoms with van der Waals surface area (Å²) in [6, 6.07) is 8.57. The van der Waals surface area contributed by atoms with Crippen molar-refractivity contribution in [1.82, 2.24) is 0 Å². The van der Waals surface area contributed by atoms with Crippen LogP contribution in [0.1, 0.15) is 19.4 Å². The summed E-state index contributed by atoms with van der Waals surface area (Å²) in [6.45, 7) is 4.26. The molecule has 0 unspecified atom stereocenters. The second-order valence-electron chi connectivity index (χ2n) is 5.23. The van der Waals surface area contributed by atoms with E-state index in [1.807, 2.05) is 14.1 Å². The number of hydrogen-bond acceptors (Lipinski definition) is 1. The normalized spacial score (nSPS) is 16.9. The van der Waals surface area contributed by atoms with Crippen LogP contribution in [0.25, 0.3) is 0 Å². The molecule has 1 aromatic carbocycles. The van der Waals surface area contributed by atoms with Crippen LogP contribution >= 0.6 is 17.2 Å². The van der Waals surface area contributed by atoms with Crippen molar-refractivity contribution in [3.05, 3.63) is 53.1 Å². The van der Waals surface area contributed by atoms with Crippen LogP contribution in [-0.4, -0.2) is 14.1 Å². The molecule has 1 aromatic rings. The van der Waals surface area contributed by atoms with E-state index in [9.17, 15) is 0 Å². The van der Waals surface area contributed by atoms with E-state index in [2.05, 4.69) is 55.2 Å². The van der Waals surface area contributed by atoms with Gasteiger partial charge in [-0.15, -0.1) is 0 Å². The second kappa shape index (κ2) is 5.75. The second-order valence-corrected chi connectivity index (χ2v) is 17.8. The van der Waals surface area contributed by atoms with Crippen LogP contribution < -0.4 is 4.90 Å². The molecule has 1 nitrogen and oxygen atoms in total. The molecule has 0 heterocycles. The van der Waals surface area contributed by atoms with Gasteiger partial charge < -0.3 is 0 Å². The van der Waals surface area contributed by atoms with Gasteiger partial charge in [-0.05, 0) is 0 Å². The van der Waals surface area contributed by atoms with Crippen molar-refractivity contribution in [2.45, 2.75) is 17.0 Å². The number of rotatable bonds is 3. The summed E-state index contributed by atoms with van der Waals surface area (Å²) >= 11 is -2.69. The third-order valence-electron chi connectivity index (χ3n) is 3.68. The van der Waals surface area contributed by atoms with E-state index in [1.165, 1.54) is 22.4 Å². The zero-order valence-electron chi connectivity index (χ0n) is 11.7. The molecule has 0 saturated heterocycles. The van der Waals surface area contributed by atoms with Crippen LogP contribution in [0.3, 0.4) is 0 Å². The van der Waals surface area contributed by atoms with E-state index in [0.717, 1.165) is 0 Å². The molecule has 0 fully saturated rings. The molecular weight excluding hydrogens is 444 g/mol. The Morgan fingerprint density at radius 3 is 1.79 bits per heavy atom. The molecule has 0 amide bonds. The number of benzene rings is 1. The predicted octanol–water partition coefficient (Wildman–Crippen LogP) is 4.78. The first-order valence-electron chi connectivity index (χ1n) is 6.22. The van der Waals surface area contributed by atoms with Crippen LogP contribution in [-0.2, 0) is 22.2 Å². The molecule has 0 radical (unpaired) electrons. The number of anilines is 1. The Hall–Kier alpha value is -0.0499. The van der Waals surface area contributed by atoms with Gasteiger partial charge in [-0.1, -0.05) is 0 Å². The van der Waals surface area contributed by atoms with E-state index < -0.39 is 19.1 Å². The molecule has 0 N–H and O–H groups in total. The molecule has 0 bridgehead atoms. The Morgan fingerprint density at radius 1 is 0.947 bits per heavy atom. The average molecular weight is 462 g/mol. The van der Waals surface area contributed by atoms with Gasteiger partial charge in [0, 0.05) is 0 Å². The van der Waals surface area contributed by atoms with E-state index in [0.29, 0.717) is 0 Å². The molecule has 0 spiro atoms. The Morgan fingerprint density at radius 2 is 1.42 bits per heavy atom. The van der Waals surface area contributed by atoms with Gasteiger partial charge in [0.05, 0.1) is 0 Å². The quantitative estimate of drug-likeness (QED) is 0.586. The first-order valence-corrected chi connectivity index (χ1v) is 16.9. The third-order valence-corrected chi connectivity index (χ3v) is 13.1. The maximum atomic E-state index is 6.49. The van der Waals surface area contributed by atoms with Crippen molar-refractivity contribution in [1.29, 1.82) is 0 Å². The van der Waals surface area contributed by atoms with Gasteiger partial charge in [0.15, 0.2) is 0 Å². The zero-order chi connectivity index (χ0) is 14.2. The van der Waals surface area contributed by atoms with E-state index in [-0.39, 0.29) is 3.17 Å². The van der Waals surface area contributed by atoms with Gasteiger partial charge in [0.2, 0.25) is 0 Å². The standard InChI is InChI=1S/C15H18N.2ClH.Hf/c1-11-9-14(10-12(11)2)13-5-7-15(8-6-13)16(3)4;;;/h5-10H,1-4H3;2*1H;/q;;;+2/p-2. The van der Waals surface area contributed by atoms with Gasteiger partial charge in [-0.3, -0.25) is 0 Å². The number of hydrogen-bond donors (Lipinski definition) is 0. The SMILES string of the molecule is CC1=C[C](c2ccc(N(C)C)cc2)([Hf]([Cl])[Cl])C=C1C. The zero-order valence-corrected chi connectivity index (χ0v) is 16.8. The molecule has 2 rings (SSSR count). The molecule has 0 atom stereocenters. The van der Waals surface area contributed by atoms with Crippen LogP contribution in [0.5, 0.6) is 0 Å². The van der Waals surface area contributed by atoms with Gasteiger partial charge in [-0.2, -0.15) is 0 Å². The third kappa shape index (κ3) is 2.86. The van der Waals surface area contributed by atoms with Gasteiger partial charge in [-0.25, -0.2) is 0 Å². The molecule has 101 valence electrons. The molecule has 0 saturated carbocycles. The summed E-state index contributed by atoms with van der Waals surface area (Å²) in [5.41, 5.74) is 5.00. The van der Waals surface area contributed by atoms with E-state index >= 15 is 0 Å². The van der Waals surface area contributed by atoms with Crippen molar-refractivity contribution in [2.24, 2.45) is 0 Å². The minimum atomic E-state index is -2.69. The van der Waals surface area contributed by atoms with Crippen molar-refractivity contribution >= 4 is 22.8 Å². The molecule has 19 heavy (non-hydrogen) atoms. The average Bonchev–Trinajstić information content (AvgIpc) is 2.67. The maximum absolute atomic E-state index is 6.49. The van der Waals surface area contributed by atoms with E-state index in [1.54, 1.807) is 0 Å². The van der Waals surface area contributed by atoms with Crippen molar-refractivity contribution in [2.75, 3.05) is 19.0 Å². The summed E-state index contributed by atoms with van der Waals surface area (Å²) in [5, 5.41) is 0. The van der Waals surface area contributed by atoms with E-state index in [4.69, 9.17) is 17.2 Å². The van der Waals surface area contributed by atoms with Crippen molar-refractivity contribution in [3.8, 4) is 0 Å². The van der Waals surface area contributed by atoms with Crippen LogP contribution in [0, 0.1) is 0 Å². The fraction of sp³-hybridized carbons (Fsp3) is 0.333. The Balaban J connectivity index is 2.48. The first-order chi connectivity index (χ1) is 8.86. The van der Waals surface area contributed by atoms with Crippen LogP contribution in [0.15, 0.2) is 47.6 Å². The van der Waals surface area contributed by atoms with Crippen molar-refractivity contribution in [3.63, 3.8) is 0 Å². The monoisotopic (exact) mass is 462 g/mol. The first kappa shape index (κ1) is 15.3. The Bertz CT molecular complexity index is 512. The fourth-order valence-electron chi connectivity index (χ4n) is 2.37. The summed E-state index contributed by atoms with van der Waals surface area (Å²) < 4.78 is -0.188. The molecule has 1 aliphatic carbocycles. The molecular formula is C15H18Cl2HfN. The van der Waals surface area contributed by atoms with Gasteiger partial charge in [0.1, 0.15) is 0 Å². The number of nitrogens with zero attached hydrogens (tertiary/aromatic N) is 1.